The molecule has 6 nitrogen and oxygen atoms in total. The Kier molecular flexibility index (Phi) is 6.02. The highest BCUT2D eigenvalue weighted by Gasteiger charge is 2.27. The molecule has 1 aliphatic rings. The van der Waals surface area contributed by atoms with Gasteiger partial charge in [0.2, 0.25) is 15.9 Å². The summed E-state index contributed by atoms with van der Waals surface area (Å²) in [6.45, 7) is 5.28. The molecule has 23 heavy (non-hydrogen) atoms. The third-order valence-electron chi connectivity index (χ3n) is 3.96. The van der Waals surface area contributed by atoms with Crippen LogP contribution in [0.25, 0.3) is 0 Å². The number of hydrogen-bond acceptors (Lipinski definition) is 4. The van der Waals surface area contributed by atoms with Crippen molar-refractivity contribution >= 4 is 27.5 Å². The Morgan fingerprint density at radius 2 is 2.00 bits per heavy atom. The SMILES string of the molecule is CC(NS(=O)(=O)c1ccc(Cl)cc1)C(=O)NC1CCNCC1C. The van der Waals surface area contributed by atoms with Crippen molar-refractivity contribution in [3.8, 4) is 0 Å². The number of piperidine rings is 1. The number of carbonyl (C=O) groups excluding carboxylic acids is 1. The number of benzene rings is 1. The predicted molar refractivity (Wildman–Crippen MR) is 89.8 cm³/mol. The number of sulfonamides is 1. The first kappa shape index (κ1) is 18.2. The van der Waals surface area contributed by atoms with Gasteiger partial charge in [-0.05, 0) is 56.6 Å². The molecular formula is C15H22ClN3O3S. The van der Waals surface area contributed by atoms with Crippen LogP contribution in [0, 0.1) is 5.92 Å². The molecule has 1 fully saturated rings. The van der Waals surface area contributed by atoms with Crippen molar-refractivity contribution in [3.05, 3.63) is 29.3 Å². The fourth-order valence-electron chi connectivity index (χ4n) is 2.50. The summed E-state index contributed by atoms with van der Waals surface area (Å²) in [4.78, 5) is 12.3. The van der Waals surface area contributed by atoms with E-state index in [2.05, 4.69) is 22.3 Å². The van der Waals surface area contributed by atoms with Crippen molar-refractivity contribution in [2.75, 3.05) is 13.1 Å². The van der Waals surface area contributed by atoms with Crippen LogP contribution in [0.15, 0.2) is 29.2 Å². The van der Waals surface area contributed by atoms with Gasteiger partial charge in [-0.1, -0.05) is 18.5 Å². The Hall–Kier alpha value is -1.15. The van der Waals surface area contributed by atoms with Gasteiger partial charge >= 0.3 is 0 Å². The minimum absolute atomic E-state index is 0.0613. The fraction of sp³-hybridized carbons (Fsp3) is 0.533. The minimum atomic E-state index is -3.76. The largest absolute Gasteiger partial charge is 0.352 e. The van der Waals surface area contributed by atoms with Gasteiger partial charge in [0.25, 0.3) is 0 Å². The van der Waals surface area contributed by atoms with E-state index in [4.69, 9.17) is 11.6 Å². The summed E-state index contributed by atoms with van der Waals surface area (Å²) < 4.78 is 26.9. The third-order valence-corrected chi connectivity index (χ3v) is 5.77. The summed E-state index contributed by atoms with van der Waals surface area (Å²) in [5.41, 5.74) is 0. The molecule has 1 saturated heterocycles. The van der Waals surface area contributed by atoms with Crippen molar-refractivity contribution in [2.24, 2.45) is 5.92 Å². The van der Waals surface area contributed by atoms with E-state index in [-0.39, 0.29) is 16.8 Å². The monoisotopic (exact) mass is 359 g/mol. The zero-order valence-electron chi connectivity index (χ0n) is 13.2. The van der Waals surface area contributed by atoms with Crippen molar-refractivity contribution in [1.82, 2.24) is 15.4 Å². The van der Waals surface area contributed by atoms with E-state index in [1.807, 2.05) is 0 Å². The standard InChI is InChI=1S/C15H22ClN3O3S/c1-10-9-17-8-7-14(10)18-15(20)11(2)19-23(21,22)13-5-3-12(16)4-6-13/h3-6,10-11,14,17,19H,7-9H2,1-2H3,(H,18,20). The maximum absolute atomic E-state index is 12.3. The van der Waals surface area contributed by atoms with Crippen molar-refractivity contribution in [3.63, 3.8) is 0 Å². The summed E-state index contributed by atoms with van der Waals surface area (Å²) in [6, 6.07) is 5.02. The normalized spacial score (nSPS) is 23.3. The van der Waals surface area contributed by atoms with Crippen LogP contribution in [0.2, 0.25) is 5.02 Å². The van der Waals surface area contributed by atoms with E-state index >= 15 is 0 Å². The van der Waals surface area contributed by atoms with Crippen LogP contribution in [0.3, 0.4) is 0 Å². The third kappa shape index (κ3) is 4.91. The van der Waals surface area contributed by atoms with Crippen LogP contribution in [0.1, 0.15) is 20.3 Å². The predicted octanol–water partition coefficient (Wildman–Crippen LogP) is 1.12. The molecule has 1 aromatic carbocycles. The lowest BCUT2D eigenvalue weighted by atomic mass is 9.95. The molecule has 0 aromatic heterocycles. The van der Waals surface area contributed by atoms with Crippen molar-refractivity contribution in [1.29, 1.82) is 0 Å². The number of hydrogen-bond donors (Lipinski definition) is 3. The second-order valence-corrected chi connectivity index (χ2v) is 8.03. The van der Waals surface area contributed by atoms with Crippen LogP contribution >= 0.6 is 11.6 Å². The second kappa shape index (κ2) is 7.61. The maximum atomic E-state index is 12.3. The van der Waals surface area contributed by atoms with E-state index in [0.29, 0.717) is 10.9 Å². The number of halogens is 1. The molecule has 8 heteroatoms. The van der Waals surface area contributed by atoms with Crippen molar-refractivity contribution < 1.29 is 13.2 Å². The van der Waals surface area contributed by atoms with E-state index in [9.17, 15) is 13.2 Å². The van der Waals surface area contributed by atoms with Crippen LogP contribution < -0.4 is 15.4 Å². The zero-order valence-corrected chi connectivity index (χ0v) is 14.7. The molecule has 2 rings (SSSR count). The van der Waals surface area contributed by atoms with Gasteiger partial charge in [-0.15, -0.1) is 0 Å². The van der Waals surface area contributed by atoms with Gasteiger partial charge < -0.3 is 10.6 Å². The average molecular weight is 360 g/mol. The average Bonchev–Trinajstić information content (AvgIpc) is 2.49. The summed E-state index contributed by atoms with van der Waals surface area (Å²) in [7, 11) is -3.76. The topological polar surface area (TPSA) is 87.3 Å². The molecular weight excluding hydrogens is 338 g/mol. The Labute approximate surface area is 142 Å². The first-order chi connectivity index (χ1) is 10.8. The molecule has 3 atom stereocenters. The Balaban J connectivity index is 1.98. The number of amides is 1. The number of nitrogens with one attached hydrogen (secondary N) is 3. The smallest absolute Gasteiger partial charge is 0.241 e. The Bertz CT molecular complexity index is 648. The van der Waals surface area contributed by atoms with Gasteiger partial charge in [0.05, 0.1) is 10.9 Å². The van der Waals surface area contributed by atoms with Crippen LogP contribution in [0.4, 0.5) is 0 Å². The summed E-state index contributed by atoms with van der Waals surface area (Å²) in [6.07, 6.45) is 0.837. The molecule has 3 N–H and O–H groups in total. The molecule has 0 radical (unpaired) electrons. The zero-order chi connectivity index (χ0) is 17.0. The molecule has 3 unspecified atom stereocenters. The van der Waals surface area contributed by atoms with Crippen LogP contribution in [0.5, 0.6) is 0 Å². The van der Waals surface area contributed by atoms with Gasteiger partial charge in [-0.2, -0.15) is 4.72 Å². The molecule has 1 aromatic rings. The highest BCUT2D eigenvalue weighted by atomic mass is 35.5. The number of carbonyl (C=O) groups is 1. The van der Waals surface area contributed by atoms with E-state index in [1.165, 1.54) is 31.2 Å². The molecule has 1 heterocycles. The summed E-state index contributed by atoms with van der Waals surface area (Å²) in [5.74, 6) is -0.00550. The molecule has 0 spiro atoms. The van der Waals surface area contributed by atoms with Gasteiger partial charge in [0.1, 0.15) is 0 Å². The van der Waals surface area contributed by atoms with E-state index < -0.39 is 16.1 Å². The molecule has 0 saturated carbocycles. The van der Waals surface area contributed by atoms with E-state index in [1.54, 1.807) is 0 Å². The highest BCUT2D eigenvalue weighted by molar-refractivity contribution is 7.89. The quantitative estimate of drug-likeness (QED) is 0.735. The highest BCUT2D eigenvalue weighted by Crippen LogP contribution is 2.15. The van der Waals surface area contributed by atoms with Gasteiger partial charge in [0.15, 0.2) is 0 Å². The fourth-order valence-corrected chi connectivity index (χ4v) is 3.83. The molecule has 0 bridgehead atoms. The lowest BCUT2D eigenvalue weighted by Crippen LogP contribution is -2.53. The molecule has 1 aliphatic heterocycles. The van der Waals surface area contributed by atoms with Crippen LogP contribution in [-0.4, -0.2) is 39.5 Å². The Morgan fingerprint density at radius 1 is 1.35 bits per heavy atom. The molecule has 0 aliphatic carbocycles. The van der Waals surface area contributed by atoms with Gasteiger partial charge in [-0.25, -0.2) is 8.42 Å². The molecule has 128 valence electrons. The summed E-state index contributed by atoms with van der Waals surface area (Å²) >= 11 is 5.76. The lowest BCUT2D eigenvalue weighted by molar-refractivity contribution is -0.123. The summed E-state index contributed by atoms with van der Waals surface area (Å²) in [5, 5.41) is 6.64. The maximum Gasteiger partial charge on any atom is 0.241 e. The van der Waals surface area contributed by atoms with Crippen LogP contribution in [-0.2, 0) is 14.8 Å². The number of rotatable bonds is 5. The molecule has 1 amide bonds. The first-order valence-electron chi connectivity index (χ1n) is 7.58. The van der Waals surface area contributed by atoms with E-state index in [0.717, 1.165) is 19.5 Å². The van der Waals surface area contributed by atoms with Crippen molar-refractivity contribution in [2.45, 2.75) is 37.2 Å². The van der Waals surface area contributed by atoms with Gasteiger partial charge in [0, 0.05) is 11.1 Å². The first-order valence-corrected chi connectivity index (χ1v) is 9.44. The second-order valence-electron chi connectivity index (χ2n) is 5.88. The van der Waals surface area contributed by atoms with Gasteiger partial charge in [-0.3, -0.25) is 4.79 Å². The Morgan fingerprint density at radius 3 is 2.61 bits per heavy atom. The minimum Gasteiger partial charge on any atom is -0.352 e. The lowest BCUT2D eigenvalue weighted by Gasteiger charge is -2.31.